The Kier molecular flexibility index (Phi) is 6.58. The standard InChI is InChI=1S/C21H30N2O4/c1-26-18-7-6-16(14-19(18)27-2)15-20(24)22-12-8-17(9-13-22)21(25)23-10-4-3-5-11-23/h6-7,14,17H,3-5,8-13,15H2,1-2H3. The predicted molar refractivity (Wildman–Crippen MR) is 103 cm³/mol. The van der Waals surface area contributed by atoms with Gasteiger partial charge in [0.05, 0.1) is 20.6 Å². The van der Waals surface area contributed by atoms with Crippen LogP contribution in [0.4, 0.5) is 0 Å². The molecular formula is C21H30N2O4. The van der Waals surface area contributed by atoms with Gasteiger partial charge < -0.3 is 19.3 Å². The van der Waals surface area contributed by atoms with Crippen LogP contribution in [-0.2, 0) is 16.0 Å². The summed E-state index contributed by atoms with van der Waals surface area (Å²) in [5, 5.41) is 0. The van der Waals surface area contributed by atoms with Crippen molar-refractivity contribution in [1.29, 1.82) is 0 Å². The monoisotopic (exact) mass is 374 g/mol. The maximum atomic E-state index is 12.7. The van der Waals surface area contributed by atoms with Crippen molar-refractivity contribution in [1.82, 2.24) is 9.80 Å². The van der Waals surface area contributed by atoms with E-state index in [2.05, 4.69) is 0 Å². The fourth-order valence-electron chi connectivity index (χ4n) is 4.03. The van der Waals surface area contributed by atoms with E-state index in [4.69, 9.17) is 9.47 Å². The quantitative estimate of drug-likeness (QED) is 0.795. The molecule has 0 spiro atoms. The van der Waals surface area contributed by atoms with Gasteiger partial charge >= 0.3 is 0 Å². The number of amides is 2. The summed E-state index contributed by atoms with van der Waals surface area (Å²) in [6.07, 6.45) is 5.35. The third-order valence-electron chi connectivity index (χ3n) is 5.67. The fraction of sp³-hybridized carbons (Fsp3) is 0.619. The number of carbonyl (C=O) groups excluding carboxylic acids is 2. The second-order valence-electron chi connectivity index (χ2n) is 7.41. The average Bonchev–Trinajstić information content (AvgIpc) is 2.73. The van der Waals surface area contributed by atoms with Crippen LogP contribution in [0.5, 0.6) is 11.5 Å². The summed E-state index contributed by atoms with van der Waals surface area (Å²) < 4.78 is 10.6. The van der Waals surface area contributed by atoms with Crippen molar-refractivity contribution in [3.63, 3.8) is 0 Å². The summed E-state index contributed by atoms with van der Waals surface area (Å²) in [6, 6.07) is 5.57. The number of benzene rings is 1. The minimum absolute atomic E-state index is 0.0771. The molecule has 0 unspecified atom stereocenters. The first-order valence-corrected chi connectivity index (χ1v) is 9.90. The van der Waals surface area contributed by atoms with Crippen LogP contribution in [0.1, 0.15) is 37.7 Å². The Labute approximate surface area is 161 Å². The largest absolute Gasteiger partial charge is 0.493 e. The van der Waals surface area contributed by atoms with Gasteiger partial charge in [-0.2, -0.15) is 0 Å². The van der Waals surface area contributed by atoms with Gasteiger partial charge in [-0.3, -0.25) is 9.59 Å². The number of nitrogens with zero attached hydrogens (tertiary/aromatic N) is 2. The number of hydrogen-bond acceptors (Lipinski definition) is 4. The second-order valence-corrected chi connectivity index (χ2v) is 7.41. The van der Waals surface area contributed by atoms with Crippen molar-refractivity contribution in [2.24, 2.45) is 5.92 Å². The molecule has 0 atom stereocenters. The first-order chi connectivity index (χ1) is 13.1. The zero-order valence-electron chi connectivity index (χ0n) is 16.4. The maximum Gasteiger partial charge on any atom is 0.226 e. The first-order valence-electron chi connectivity index (χ1n) is 9.90. The molecule has 27 heavy (non-hydrogen) atoms. The Balaban J connectivity index is 1.52. The van der Waals surface area contributed by atoms with E-state index in [-0.39, 0.29) is 11.8 Å². The van der Waals surface area contributed by atoms with Crippen molar-refractivity contribution >= 4 is 11.8 Å². The van der Waals surface area contributed by atoms with E-state index in [9.17, 15) is 9.59 Å². The van der Waals surface area contributed by atoms with Crippen molar-refractivity contribution in [3.8, 4) is 11.5 Å². The highest BCUT2D eigenvalue weighted by molar-refractivity contribution is 5.81. The second kappa shape index (κ2) is 9.11. The third kappa shape index (κ3) is 4.73. The Morgan fingerprint density at radius 2 is 1.59 bits per heavy atom. The van der Waals surface area contributed by atoms with E-state index in [1.165, 1.54) is 6.42 Å². The number of carbonyl (C=O) groups is 2. The zero-order valence-corrected chi connectivity index (χ0v) is 16.4. The minimum Gasteiger partial charge on any atom is -0.493 e. The van der Waals surface area contributed by atoms with Crippen LogP contribution in [-0.4, -0.2) is 62.0 Å². The molecule has 148 valence electrons. The highest BCUT2D eigenvalue weighted by Crippen LogP contribution is 2.28. The van der Waals surface area contributed by atoms with Gasteiger partial charge in [0.2, 0.25) is 11.8 Å². The lowest BCUT2D eigenvalue weighted by molar-refractivity contribution is -0.141. The van der Waals surface area contributed by atoms with Crippen LogP contribution < -0.4 is 9.47 Å². The third-order valence-corrected chi connectivity index (χ3v) is 5.67. The van der Waals surface area contributed by atoms with Gasteiger partial charge in [-0.15, -0.1) is 0 Å². The van der Waals surface area contributed by atoms with Gasteiger partial charge in [0.25, 0.3) is 0 Å². The lowest BCUT2D eigenvalue weighted by atomic mass is 9.94. The summed E-state index contributed by atoms with van der Waals surface area (Å²) in [5.41, 5.74) is 0.907. The highest BCUT2D eigenvalue weighted by Gasteiger charge is 2.30. The number of hydrogen-bond donors (Lipinski definition) is 0. The normalized spacial score (nSPS) is 18.3. The van der Waals surface area contributed by atoms with Crippen molar-refractivity contribution in [2.75, 3.05) is 40.4 Å². The van der Waals surface area contributed by atoms with Gasteiger partial charge in [-0.25, -0.2) is 0 Å². The van der Waals surface area contributed by atoms with Crippen LogP contribution in [0.3, 0.4) is 0 Å². The van der Waals surface area contributed by atoms with Crippen molar-refractivity contribution in [3.05, 3.63) is 23.8 Å². The lowest BCUT2D eigenvalue weighted by Gasteiger charge is -2.35. The molecule has 0 radical (unpaired) electrons. The molecule has 0 N–H and O–H groups in total. The Morgan fingerprint density at radius 3 is 2.22 bits per heavy atom. The van der Waals surface area contributed by atoms with Gasteiger partial charge in [-0.05, 0) is 49.8 Å². The molecule has 2 fully saturated rings. The lowest BCUT2D eigenvalue weighted by Crippen LogP contribution is -2.46. The molecule has 2 saturated heterocycles. The van der Waals surface area contributed by atoms with Crippen molar-refractivity contribution < 1.29 is 19.1 Å². The molecule has 0 aromatic heterocycles. The molecule has 2 heterocycles. The summed E-state index contributed by atoms with van der Waals surface area (Å²) >= 11 is 0. The van der Waals surface area contributed by atoms with Gasteiger partial charge in [0.1, 0.15) is 0 Å². The molecule has 6 nitrogen and oxygen atoms in total. The fourth-order valence-corrected chi connectivity index (χ4v) is 4.03. The molecule has 6 heteroatoms. The van der Waals surface area contributed by atoms with Gasteiger partial charge in [0, 0.05) is 32.1 Å². The molecule has 2 aliphatic heterocycles. The molecule has 0 saturated carbocycles. The molecule has 1 aromatic carbocycles. The average molecular weight is 374 g/mol. The van der Waals surface area contributed by atoms with Crippen LogP contribution in [0.15, 0.2) is 18.2 Å². The van der Waals surface area contributed by atoms with Crippen molar-refractivity contribution in [2.45, 2.75) is 38.5 Å². The first kappa shape index (κ1) is 19.5. The van der Waals surface area contributed by atoms with Gasteiger partial charge in [0.15, 0.2) is 11.5 Å². The Bertz CT molecular complexity index is 662. The van der Waals surface area contributed by atoms with Gasteiger partial charge in [-0.1, -0.05) is 6.07 Å². The van der Waals surface area contributed by atoms with Crippen LogP contribution >= 0.6 is 0 Å². The molecule has 2 aliphatic rings. The van der Waals surface area contributed by atoms with E-state index in [1.54, 1.807) is 14.2 Å². The number of methoxy groups -OCH3 is 2. The summed E-state index contributed by atoms with van der Waals surface area (Å²) in [7, 11) is 3.19. The summed E-state index contributed by atoms with van der Waals surface area (Å²) in [5.74, 6) is 1.76. The van der Waals surface area contributed by atoms with E-state index in [0.29, 0.717) is 36.9 Å². The SMILES string of the molecule is COc1ccc(CC(=O)N2CCC(C(=O)N3CCCCC3)CC2)cc1OC. The summed E-state index contributed by atoms with van der Waals surface area (Å²) in [4.78, 5) is 29.2. The number of rotatable bonds is 5. The van der Waals surface area contributed by atoms with E-state index < -0.39 is 0 Å². The maximum absolute atomic E-state index is 12.7. The number of ether oxygens (including phenoxy) is 2. The van der Waals surface area contributed by atoms with E-state index in [0.717, 1.165) is 44.3 Å². The molecule has 3 rings (SSSR count). The molecule has 0 bridgehead atoms. The molecule has 1 aromatic rings. The summed E-state index contributed by atoms with van der Waals surface area (Å²) in [6.45, 7) is 3.13. The van der Waals surface area contributed by atoms with Crippen LogP contribution in [0.25, 0.3) is 0 Å². The Morgan fingerprint density at radius 1 is 0.926 bits per heavy atom. The molecular weight excluding hydrogens is 344 g/mol. The topological polar surface area (TPSA) is 59.1 Å². The number of piperidine rings is 2. The van der Waals surface area contributed by atoms with Crippen LogP contribution in [0, 0.1) is 5.92 Å². The Hall–Kier alpha value is -2.24. The predicted octanol–water partition coefficient (Wildman–Crippen LogP) is 2.50. The minimum atomic E-state index is 0.0771. The van der Waals surface area contributed by atoms with Crippen LogP contribution in [0.2, 0.25) is 0 Å². The molecule has 2 amide bonds. The van der Waals surface area contributed by atoms with E-state index >= 15 is 0 Å². The zero-order chi connectivity index (χ0) is 19.2. The van der Waals surface area contributed by atoms with E-state index in [1.807, 2.05) is 28.0 Å². The highest BCUT2D eigenvalue weighted by atomic mass is 16.5. The molecule has 0 aliphatic carbocycles. The number of likely N-dealkylation sites (tertiary alicyclic amines) is 2. The smallest absolute Gasteiger partial charge is 0.226 e.